The molecular formula is C19H20N4O3S2. The summed E-state index contributed by atoms with van der Waals surface area (Å²) in [6.45, 7) is 3.18. The first-order valence-electron chi connectivity index (χ1n) is 9.01. The summed E-state index contributed by atoms with van der Waals surface area (Å²) in [5, 5.41) is 4.73. The van der Waals surface area contributed by atoms with Crippen molar-refractivity contribution in [3.63, 3.8) is 0 Å². The number of benzene rings is 1. The second-order valence-corrected chi connectivity index (χ2v) is 9.55. The normalized spacial score (nSPS) is 15.2. The molecule has 0 spiro atoms. The Kier molecular flexibility index (Phi) is 5.47. The molecule has 0 atom stereocenters. The molecule has 0 unspecified atom stereocenters. The van der Waals surface area contributed by atoms with E-state index in [2.05, 4.69) is 15.1 Å². The first kappa shape index (κ1) is 19.1. The van der Waals surface area contributed by atoms with E-state index in [4.69, 9.17) is 4.52 Å². The molecule has 4 rings (SSSR count). The number of rotatable bonds is 6. The van der Waals surface area contributed by atoms with Gasteiger partial charge in [0.05, 0.1) is 10.8 Å². The lowest BCUT2D eigenvalue weighted by Crippen LogP contribution is -2.27. The fraction of sp³-hybridized carbons (Fsp3) is 0.316. The smallest absolute Gasteiger partial charge is 0.244 e. The van der Waals surface area contributed by atoms with Gasteiger partial charge in [0.25, 0.3) is 0 Å². The van der Waals surface area contributed by atoms with Crippen molar-refractivity contribution >= 4 is 21.8 Å². The van der Waals surface area contributed by atoms with E-state index < -0.39 is 10.0 Å². The van der Waals surface area contributed by atoms with Crippen molar-refractivity contribution in [3.05, 3.63) is 54.0 Å². The van der Waals surface area contributed by atoms with Crippen LogP contribution in [0.5, 0.6) is 0 Å². The highest BCUT2D eigenvalue weighted by Gasteiger charge is 2.27. The summed E-state index contributed by atoms with van der Waals surface area (Å²) in [6, 6.07) is 11.2. The van der Waals surface area contributed by atoms with E-state index in [1.54, 1.807) is 12.1 Å². The quantitative estimate of drug-likeness (QED) is 0.568. The lowest BCUT2D eigenvalue weighted by Gasteiger charge is -2.15. The second kappa shape index (κ2) is 8.02. The van der Waals surface area contributed by atoms with Gasteiger partial charge in [0.2, 0.25) is 21.7 Å². The van der Waals surface area contributed by atoms with E-state index in [-0.39, 0.29) is 4.90 Å². The summed E-state index contributed by atoms with van der Waals surface area (Å²) < 4.78 is 31.9. The molecule has 7 nitrogen and oxygen atoms in total. The molecule has 1 aromatic carbocycles. The van der Waals surface area contributed by atoms with Crippen LogP contribution in [0.15, 0.2) is 57.0 Å². The van der Waals surface area contributed by atoms with E-state index in [1.165, 1.54) is 22.3 Å². The monoisotopic (exact) mass is 416 g/mol. The predicted molar refractivity (Wildman–Crippen MR) is 106 cm³/mol. The van der Waals surface area contributed by atoms with Gasteiger partial charge in [0.1, 0.15) is 4.90 Å². The molecule has 0 radical (unpaired) electrons. The largest absolute Gasteiger partial charge is 0.338 e. The van der Waals surface area contributed by atoms with Crippen LogP contribution in [0.4, 0.5) is 0 Å². The van der Waals surface area contributed by atoms with Crippen LogP contribution < -0.4 is 0 Å². The van der Waals surface area contributed by atoms with Crippen LogP contribution in [0.3, 0.4) is 0 Å². The Morgan fingerprint density at radius 3 is 2.71 bits per heavy atom. The van der Waals surface area contributed by atoms with Gasteiger partial charge < -0.3 is 4.52 Å². The molecule has 3 aromatic rings. The third-order valence-electron chi connectivity index (χ3n) is 4.50. The predicted octanol–water partition coefficient (Wildman–Crippen LogP) is 3.52. The summed E-state index contributed by atoms with van der Waals surface area (Å²) in [4.78, 5) is 8.93. The number of aryl methyl sites for hydroxylation is 1. The molecular weight excluding hydrogens is 396 g/mol. The Morgan fingerprint density at radius 2 is 2.00 bits per heavy atom. The number of nitrogens with zero attached hydrogens (tertiary/aromatic N) is 4. The van der Waals surface area contributed by atoms with Crippen molar-refractivity contribution < 1.29 is 12.9 Å². The summed E-state index contributed by atoms with van der Waals surface area (Å²) in [5.41, 5.74) is 2.04. The van der Waals surface area contributed by atoms with Crippen molar-refractivity contribution in [2.75, 3.05) is 13.1 Å². The first-order chi connectivity index (χ1) is 13.5. The molecule has 9 heteroatoms. The SMILES string of the molecule is Cc1cccc(-c2noc(CSc3ccc(S(=O)(=O)N4CCCC4)cn3)n2)c1. The topological polar surface area (TPSA) is 89.2 Å². The van der Waals surface area contributed by atoms with Gasteiger partial charge in [-0.1, -0.05) is 40.7 Å². The Labute approximate surface area is 168 Å². The van der Waals surface area contributed by atoms with Gasteiger partial charge in [-0.15, -0.1) is 0 Å². The average Bonchev–Trinajstić information content (AvgIpc) is 3.39. The number of aromatic nitrogens is 3. The molecule has 0 saturated carbocycles. The first-order valence-corrected chi connectivity index (χ1v) is 11.4. The van der Waals surface area contributed by atoms with Crippen molar-refractivity contribution in [2.45, 2.75) is 35.4 Å². The summed E-state index contributed by atoms with van der Waals surface area (Å²) in [7, 11) is -3.43. The molecule has 1 saturated heterocycles. The molecule has 28 heavy (non-hydrogen) atoms. The molecule has 0 N–H and O–H groups in total. The molecule has 146 valence electrons. The maximum atomic E-state index is 12.5. The van der Waals surface area contributed by atoms with Crippen LogP contribution in [0.25, 0.3) is 11.4 Å². The lowest BCUT2D eigenvalue weighted by atomic mass is 10.1. The van der Waals surface area contributed by atoms with Gasteiger partial charge in [-0.3, -0.25) is 0 Å². The number of hydrogen-bond donors (Lipinski definition) is 0. The van der Waals surface area contributed by atoms with Gasteiger partial charge in [0.15, 0.2) is 0 Å². The van der Waals surface area contributed by atoms with Crippen LogP contribution >= 0.6 is 11.8 Å². The van der Waals surface area contributed by atoms with Crippen molar-refractivity contribution in [1.82, 2.24) is 19.4 Å². The van der Waals surface area contributed by atoms with E-state index >= 15 is 0 Å². The number of pyridine rings is 1. The zero-order valence-corrected chi connectivity index (χ0v) is 17.0. The molecule has 1 aliphatic heterocycles. The minimum atomic E-state index is -3.43. The number of hydrogen-bond acceptors (Lipinski definition) is 7. The Hall–Kier alpha value is -2.23. The molecule has 2 aromatic heterocycles. The summed E-state index contributed by atoms with van der Waals surface area (Å²) in [6.07, 6.45) is 3.24. The van der Waals surface area contributed by atoms with Gasteiger partial charge in [-0.05, 0) is 38.0 Å². The molecule has 0 bridgehead atoms. The van der Waals surface area contributed by atoms with Crippen LogP contribution in [0.2, 0.25) is 0 Å². The van der Waals surface area contributed by atoms with E-state index in [0.717, 1.165) is 24.0 Å². The highest BCUT2D eigenvalue weighted by atomic mass is 32.2. The Balaban J connectivity index is 1.40. The standard InChI is InChI=1S/C19H20N4O3S2/c1-14-5-4-6-15(11-14)19-21-17(26-22-19)13-27-18-8-7-16(12-20-18)28(24,25)23-9-2-3-10-23/h4-8,11-12H,2-3,9-10,13H2,1H3. The molecule has 3 heterocycles. The average molecular weight is 417 g/mol. The fourth-order valence-electron chi connectivity index (χ4n) is 3.03. The number of sulfonamides is 1. The van der Waals surface area contributed by atoms with Crippen molar-refractivity contribution in [2.24, 2.45) is 0 Å². The maximum absolute atomic E-state index is 12.5. The zero-order valence-electron chi connectivity index (χ0n) is 15.4. The summed E-state index contributed by atoms with van der Waals surface area (Å²) >= 11 is 1.42. The van der Waals surface area contributed by atoms with E-state index in [9.17, 15) is 8.42 Å². The number of thioether (sulfide) groups is 1. The van der Waals surface area contributed by atoms with Crippen molar-refractivity contribution in [3.8, 4) is 11.4 Å². The fourth-order valence-corrected chi connectivity index (χ4v) is 5.18. The molecule has 0 amide bonds. The second-order valence-electron chi connectivity index (χ2n) is 6.61. The van der Waals surface area contributed by atoms with E-state index in [0.29, 0.717) is 35.6 Å². The highest BCUT2D eigenvalue weighted by molar-refractivity contribution is 7.98. The third kappa shape index (κ3) is 4.11. The van der Waals surface area contributed by atoms with Gasteiger partial charge in [-0.25, -0.2) is 13.4 Å². The zero-order chi connectivity index (χ0) is 19.6. The maximum Gasteiger partial charge on any atom is 0.244 e. The molecule has 1 aliphatic rings. The minimum absolute atomic E-state index is 0.235. The van der Waals surface area contributed by atoms with Crippen LogP contribution in [-0.4, -0.2) is 40.9 Å². The molecule has 1 fully saturated rings. The highest BCUT2D eigenvalue weighted by Crippen LogP contribution is 2.25. The van der Waals surface area contributed by atoms with Crippen LogP contribution in [0.1, 0.15) is 24.3 Å². The van der Waals surface area contributed by atoms with E-state index in [1.807, 2.05) is 31.2 Å². The minimum Gasteiger partial charge on any atom is -0.338 e. The van der Waals surface area contributed by atoms with Gasteiger partial charge in [0, 0.05) is 24.8 Å². The van der Waals surface area contributed by atoms with Crippen molar-refractivity contribution in [1.29, 1.82) is 0 Å². The third-order valence-corrected chi connectivity index (χ3v) is 7.31. The van der Waals surface area contributed by atoms with Gasteiger partial charge >= 0.3 is 0 Å². The summed E-state index contributed by atoms with van der Waals surface area (Å²) in [5.74, 6) is 1.51. The lowest BCUT2D eigenvalue weighted by molar-refractivity contribution is 0.391. The Bertz CT molecular complexity index is 1060. The molecule has 0 aliphatic carbocycles. The Morgan fingerprint density at radius 1 is 1.18 bits per heavy atom. The van der Waals surface area contributed by atoms with Gasteiger partial charge in [-0.2, -0.15) is 9.29 Å². The van der Waals surface area contributed by atoms with Crippen LogP contribution in [0, 0.1) is 6.92 Å². The van der Waals surface area contributed by atoms with Crippen LogP contribution in [-0.2, 0) is 15.8 Å².